The molecular formula is C9H17NO4. The highest BCUT2D eigenvalue weighted by molar-refractivity contribution is 6.31. The molecule has 0 unspecified atom stereocenters. The van der Waals surface area contributed by atoms with E-state index in [9.17, 15) is 9.59 Å². The van der Waals surface area contributed by atoms with Crippen LogP contribution in [0.3, 0.4) is 0 Å². The highest BCUT2D eigenvalue weighted by Gasteiger charge is 2.08. The molecule has 0 aliphatic carbocycles. The second-order valence-electron chi connectivity index (χ2n) is 3.19. The number of ether oxygens (including phenoxy) is 1. The van der Waals surface area contributed by atoms with Crippen molar-refractivity contribution in [2.75, 3.05) is 13.2 Å². The Labute approximate surface area is 83.4 Å². The van der Waals surface area contributed by atoms with E-state index in [1.807, 2.05) is 13.8 Å². The third-order valence-electron chi connectivity index (χ3n) is 1.50. The van der Waals surface area contributed by atoms with E-state index in [0.29, 0.717) is 13.2 Å². The lowest BCUT2D eigenvalue weighted by Gasteiger charge is -2.06. The first kappa shape index (κ1) is 12.9. The largest absolute Gasteiger partial charge is 0.474 e. The number of aliphatic carboxylic acids is 1. The van der Waals surface area contributed by atoms with Crippen LogP contribution in [0.1, 0.15) is 26.7 Å². The Kier molecular flexibility index (Phi) is 6.74. The van der Waals surface area contributed by atoms with E-state index < -0.39 is 11.9 Å². The second kappa shape index (κ2) is 7.32. The molecule has 2 N–H and O–H groups in total. The highest BCUT2D eigenvalue weighted by Crippen LogP contribution is 1.93. The Morgan fingerprint density at radius 2 is 2.00 bits per heavy atom. The van der Waals surface area contributed by atoms with Crippen LogP contribution < -0.4 is 5.32 Å². The fraction of sp³-hybridized carbons (Fsp3) is 0.778. The molecule has 0 spiro atoms. The molecule has 0 rings (SSSR count). The van der Waals surface area contributed by atoms with E-state index >= 15 is 0 Å². The fourth-order valence-corrected chi connectivity index (χ4v) is 0.824. The molecule has 0 aromatic carbocycles. The summed E-state index contributed by atoms with van der Waals surface area (Å²) in [7, 11) is 0. The van der Waals surface area contributed by atoms with Gasteiger partial charge in [0, 0.05) is 13.2 Å². The number of rotatable bonds is 6. The van der Waals surface area contributed by atoms with E-state index in [2.05, 4.69) is 5.32 Å². The van der Waals surface area contributed by atoms with Crippen molar-refractivity contribution < 1.29 is 19.4 Å². The van der Waals surface area contributed by atoms with Gasteiger partial charge in [-0.3, -0.25) is 4.79 Å². The van der Waals surface area contributed by atoms with E-state index in [4.69, 9.17) is 9.84 Å². The molecule has 5 nitrogen and oxygen atoms in total. The minimum atomic E-state index is -1.44. The van der Waals surface area contributed by atoms with Crippen molar-refractivity contribution in [2.45, 2.75) is 32.8 Å². The second-order valence-corrected chi connectivity index (χ2v) is 3.19. The SMILES string of the molecule is CC(C)OCCCCNC(=O)C(=O)O. The summed E-state index contributed by atoms with van der Waals surface area (Å²) in [6.45, 7) is 4.92. The Morgan fingerprint density at radius 1 is 1.36 bits per heavy atom. The molecule has 0 aromatic rings. The van der Waals surface area contributed by atoms with E-state index in [0.717, 1.165) is 12.8 Å². The lowest BCUT2D eigenvalue weighted by Crippen LogP contribution is -2.31. The van der Waals surface area contributed by atoms with Gasteiger partial charge in [-0.1, -0.05) is 0 Å². The molecule has 0 aliphatic heterocycles. The van der Waals surface area contributed by atoms with E-state index in [1.54, 1.807) is 0 Å². The van der Waals surface area contributed by atoms with Gasteiger partial charge in [-0.15, -0.1) is 0 Å². The Bertz CT molecular complexity index is 191. The van der Waals surface area contributed by atoms with Crippen LogP contribution in [-0.2, 0) is 14.3 Å². The maximum atomic E-state index is 10.5. The zero-order valence-electron chi connectivity index (χ0n) is 8.58. The smallest absolute Gasteiger partial charge is 0.394 e. The molecule has 0 aromatic heterocycles. The molecule has 0 fully saturated rings. The minimum absolute atomic E-state index is 0.212. The standard InChI is InChI=1S/C9H17NO4/c1-7(2)14-6-4-3-5-10-8(11)9(12)13/h7H,3-6H2,1-2H3,(H,10,11)(H,12,13). The maximum Gasteiger partial charge on any atom is 0.394 e. The summed E-state index contributed by atoms with van der Waals surface area (Å²) < 4.78 is 5.27. The number of unbranched alkanes of at least 4 members (excludes halogenated alkanes) is 1. The number of carbonyl (C=O) groups is 2. The quantitative estimate of drug-likeness (QED) is 0.483. The van der Waals surface area contributed by atoms with Crippen molar-refractivity contribution in [1.82, 2.24) is 5.32 Å². The average molecular weight is 203 g/mol. The number of nitrogens with one attached hydrogen (secondary N) is 1. The van der Waals surface area contributed by atoms with Gasteiger partial charge >= 0.3 is 11.9 Å². The molecule has 0 saturated carbocycles. The topological polar surface area (TPSA) is 75.6 Å². The zero-order valence-corrected chi connectivity index (χ0v) is 8.58. The highest BCUT2D eigenvalue weighted by atomic mass is 16.5. The van der Waals surface area contributed by atoms with E-state index in [-0.39, 0.29) is 6.10 Å². The summed E-state index contributed by atoms with van der Waals surface area (Å²) in [5.74, 6) is -2.39. The first-order chi connectivity index (χ1) is 6.54. The number of hydrogen-bond acceptors (Lipinski definition) is 3. The number of carboxylic acid groups (broad SMARTS) is 1. The van der Waals surface area contributed by atoms with Gasteiger partial charge in [0.2, 0.25) is 0 Å². The Morgan fingerprint density at radius 3 is 2.50 bits per heavy atom. The fourth-order valence-electron chi connectivity index (χ4n) is 0.824. The van der Waals surface area contributed by atoms with Crippen LogP contribution in [0.2, 0.25) is 0 Å². The van der Waals surface area contributed by atoms with Crippen LogP contribution in [0.25, 0.3) is 0 Å². The predicted octanol–water partition coefficient (Wildman–Crippen LogP) is 0.392. The van der Waals surface area contributed by atoms with Gasteiger partial charge in [0.1, 0.15) is 0 Å². The third kappa shape index (κ3) is 7.54. The number of carbonyl (C=O) groups excluding carboxylic acids is 1. The van der Waals surface area contributed by atoms with E-state index in [1.165, 1.54) is 0 Å². The molecular weight excluding hydrogens is 186 g/mol. The predicted molar refractivity (Wildman–Crippen MR) is 51.0 cm³/mol. The van der Waals surface area contributed by atoms with Crippen LogP contribution in [0.5, 0.6) is 0 Å². The van der Waals surface area contributed by atoms with Gasteiger partial charge < -0.3 is 15.2 Å². The lowest BCUT2D eigenvalue weighted by molar-refractivity contribution is -0.150. The summed E-state index contributed by atoms with van der Waals surface area (Å²) in [6.07, 6.45) is 1.76. The van der Waals surface area contributed by atoms with Gasteiger partial charge in [-0.2, -0.15) is 0 Å². The molecule has 82 valence electrons. The van der Waals surface area contributed by atoms with Gasteiger partial charge in [0.15, 0.2) is 0 Å². The van der Waals surface area contributed by atoms with Gasteiger partial charge in [0.05, 0.1) is 6.10 Å². The van der Waals surface area contributed by atoms with Crippen molar-refractivity contribution in [1.29, 1.82) is 0 Å². The molecule has 0 saturated heterocycles. The van der Waals surface area contributed by atoms with Crippen LogP contribution in [-0.4, -0.2) is 36.2 Å². The molecule has 0 radical (unpaired) electrons. The van der Waals surface area contributed by atoms with Gasteiger partial charge in [-0.05, 0) is 26.7 Å². The molecule has 0 atom stereocenters. The van der Waals surface area contributed by atoms with Crippen molar-refractivity contribution in [3.05, 3.63) is 0 Å². The molecule has 1 amide bonds. The van der Waals surface area contributed by atoms with Crippen molar-refractivity contribution in [3.63, 3.8) is 0 Å². The average Bonchev–Trinajstić information content (AvgIpc) is 2.09. The molecule has 0 aliphatic rings. The van der Waals surface area contributed by atoms with Crippen LogP contribution in [0, 0.1) is 0 Å². The normalized spacial score (nSPS) is 10.2. The van der Waals surface area contributed by atoms with Gasteiger partial charge in [0.25, 0.3) is 0 Å². The van der Waals surface area contributed by atoms with Crippen molar-refractivity contribution >= 4 is 11.9 Å². The van der Waals surface area contributed by atoms with Crippen molar-refractivity contribution in [3.8, 4) is 0 Å². The lowest BCUT2D eigenvalue weighted by atomic mass is 10.3. The summed E-state index contributed by atoms with van der Waals surface area (Å²) in [5.41, 5.74) is 0. The summed E-state index contributed by atoms with van der Waals surface area (Å²) in [6, 6.07) is 0. The molecule has 14 heavy (non-hydrogen) atoms. The summed E-state index contributed by atoms with van der Waals surface area (Å²) in [4.78, 5) is 20.6. The Hall–Kier alpha value is -1.10. The molecule has 0 bridgehead atoms. The summed E-state index contributed by atoms with van der Waals surface area (Å²) in [5, 5.41) is 10.5. The monoisotopic (exact) mass is 203 g/mol. The summed E-state index contributed by atoms with van der Waals surface area (Å²) >= 11 is 0. The van der Waals surface area contributed by atoms with Crippen LogP contribution >= 0.6 is 0 Å². The number of amides is 1. The third-order valence-corrected chi connectivity index (χ3v) is 1.50. The zero-order chi connectivity index (χ0) is 11.0. The number of carboxylic acids is 1. The molecule has 5 heteroatoms. The number of hydrogen-bond donors (Lipinski definition) is 2. The van der Waals surface area contributed by atoms with Crippen LogP contribution in [0.15, 0.2) is 0 Å². The maximum absolute atomic E-state index is 10.5. The minimum Gasteiger partial charge on any atom is -0.474 e. The first-order valence-corrected chi connectivity index (χ1v) is 4.66. The first-order valence-electron chi connectivity index (χ1n) is 4.66. The van der Waals surface area contributed by atoms with Crippen molar-refractivity contribution in [2.24, 2.45) is 0 Å². The molecule has 0 heterocycles. The Balaban J connectivity index is 3.22. The van der Waals surface area contributed by atoms with Gasteiger partial charge in [-0.25, -0.2) is 4.79 Å². The van der Waals surface area contributed by atoms with Crippen LogP contribution in [0.4, 0.5) is 0 Å².